The molecule has 1 aliphatic heterocycles. The standard InChI is InChI=1S/C17H16ClN3O3S/c18-13-7-5-12(6-8-13)9-10-19-16(22)11-20-17-14-3-1-2-4-15(14)25(23,24)21-17/h1-8H,9-11H2,(H,19,22)(H,20,21). The van der Waals surface area contributed by atoms with Crippen LogP contribution in [0.1, 0.15) is 11.1 Å². The van der Waals surface area contributed by atoms with Gasteiger partial charge in [0.2, 0.25) is 5.91 Å². The maximum absolute atomic E-state index is 12.0. The molecule has 0 radical (unpaired) electrons. The first-order valence-corrected chi connectivity index (χ1v) is 9.50. The van der Waals surface area contributed by atoms with Crippen LogP contribution in [0.5, 0.6) is 0 Å². The molecule has 0 aromatic heterocycles. The van der Waals surface area contributed by atoms with E-state index in [2.05, 4.69) is 15.0 Å². The van der Waals surface area contributed by atoms with Gasteiger partial charge in [0.05, 0.1) is 4.90 Å². The highest BCUT2D eigenvalue weighted by Crippen LogP contribution is 2.21. The molecule has 0 aliphatic carbocycles. The maximum Gasteiger partial charge on any atom is 0.263 e. The molecule has 25 heavy (non-hydrogen) atoms. The molecule has 0 saturated carbocycles. The maximum atomic E-state index is 12.0. The van der Waals surface area contributed by atoms with Gasteiger partial charge in [0, 0.05) is 17.1 Å². The Morgan fingerprint density at radius 3 is 2.60 bits per heavy atom. The number of carbonyl (C=O) groups excluding carboxylic acids is 1. The van der Waals surface area contributed by atoms with E-state index < -0.39 is 10.0 Å². The first-order valence-electron chi connectivity index (χ1n) is 7.63. The van der Waals surface area contributed by atoms with Crippen molar-refractivity contribution in [1.29, 1.82) is 0 Å². The first-order chi connectivity index (χ1) is 12.0. The predicted octanol–water partition coefficient (Wildman–Crippen LogP) is 1.74. The largest absolute Gasteiger partial charge is 0.354 e. The Hall–Kier alpha value is -2.38. The Morgan fingerprint density at radius 1 is 1.12 bits per heavy atom. The summed E-state index contributed by atoms with van der Waals surface area (Å²) in [6, 6.07) is 13.9. The molecule has 0 atom stereocenters. The van der Waals surface area contributed by atoms with Gasteiger partial charge in [0.25, 0.3) is 10.0 Å². The van der Waals surface area contributed by atoms with Gasteiger partial charge in [-0.1, -0.05) is 35.9 Å². The number of nitrogens with zero attached hydrogens (tertiary/aromatic N) is 1. The van der Waals surface area contributed by atoms with Crippen molar-refractivity contribution in [3.05, 3.63) is 64.7 Å². The number of benzene rings is 2. The molecule has 2 aromatic rings. The number of carbonyl (C=O) groups is 1. The lowest BCUT2D eigenvalue weighted by molar-refractivity contribution is -0.119. The number of nitrogens with one attached hydrogen (secondary N) is 2. The van der Waals surface area contributed by atoms with Crippen LogP contribution >= 0.6 is 11.6 Å². The van der Waals surface area contributed by atoms with Gasteiger partial charge >= 0.3 is 0 Å². The van der Waals surface area contributed by atoms with Crippen LogP contribution in [0, 0.1) is 0 Å². The number of aliphatic imine (C=N–C) groups is 1. The molecule has 3 rings (SSSR count). The summed E-state index contributed by atoms with van der Waals surface area (Å²) in [6.07, 6.45) is 0.676. The number of sulfonamides is 1. The molecule has 2 N–H and O–H groups in total. The average molecular weight is 378 g/mol. The van der Waals surface area contributed by atoms with Crippen molar-refractivity contribution in [1.82, 2.24) is 10.0 Å². The number of amides is 1. The van der Waals surface area contributed by atoms with Gasteiger partial charge < -0.3 is 5.32 Å². The summed E-state index contributed by atoms with van der Waals surface area (Å²) in [7, 11) is -3.58. The first kappa shape index (κ1) is 17.4. The Balaban J connectivity index is 1.56. The number of hydrogen-bond donors (Lipinski definition) is 2. The highest BCUT2D eigenvalue weighted by atomic mass is 35.5. The van der Waals surface area contributed by atoms with E-state index in [4.69, 9.17) is 11.6 Å². The van der Waals surface area contributed by atoms with E-state index in [0.29, 0.717) is 23.6 Å². The smallest absolute Gasteiger partial charge is 0.263 e. The number of fused-ring (bicyclic) bond motifs is 1. The summed E-state index contributed by atoms with van der Waals surface area (Å²) in [5.74, 6) is -0.0755. The van der Waals surface area contributed by atoms with Crippen LogP contribution in [-0.2, 0) is 21.2 Å². The van der Waals surface area contributed by atoms with Crippen LogP contribution in [0.25, 0.3) is 0 Å². The predicted molar refractivity (Wildman–Crippen MR) is 96.3 cm³/mol. The summed E-state index contributed by atoms with van der Waals surface area (Å²) in [5.41, 5.74) is 1.55. The summed E-state index contributed by atoms with van der Waals surface area (Å²) < 4.78 is 26.3. The molecule has 6 nitrogen and oxygen atoms in total. The number of rotatable bonds is 5. The lowest BCUT2D eigenvalue weighted by Gasteiger charge is -2.04. The molecular weight excluding hydrogens is 362 g/mol. The second-order valence-corrected chi connectivity index (χ2v) is 7.58. The van der Waals surface area contributed by atoms with Crippen molar-refractivity contribution in [2.75, 3.05) is 13.1 Å². The van der Waals surface area contributed by atoms with Crippen molar-refractivity contribution in [3.8, 4) is 0 Å². The van der Waals surface area contributed by atoms with Crippen molar-refractivity contribution in [3.63, 3.8) is 0 Å². The molecule has 0 spiro atoms. The van der Waals surface area contributed by atoms with E-state index in [1.807, 2.05) is 12.1 Å². The minimum atomic E-state index is -3.58. The minimum Gasteiger partial charge on any atom is -0.354 e. The molecule has 1 aliphatic rings. The normalized spacial score (nSPS) is 16.3. The molecule has 0 bridgehead atoms. The van der Waals surface area contributed by atoms with Gasteiger partial charge in [0.1, 0.15) is 12.4 Å². The number of amidine groups is 1. The summed E-state index contributed by atoms with van der Waals surface area (Å²) in [5, 5.41) is 3.43. The van der Waals surface area contributed by atoms with E-state index in [1.165, 1.54) is 6.07 Å². The summed E-state index contributed by atoms with van der Waals surface area (Å²) in [4.78, 5) is 16.2. The Labute approximate surface area is 151 Å². The molecule has 1 heterocycles. The van der Waals surface area contributed by atoms with E-state index in [9.17, 15) is 13.2 Å². The van der Waals surface area contributed by atoms with Gasteiger partial charge in [-0.15, -0.1) is 0 Å². The third kappa shape index (κ3) is 4.18. The lowest BCUT2D eigenvalue weighted by atomic mass is 10.1. The van der Waals surface area contributed by atoms with Crippen molar-refractivity contribution < 1.29 is 13.2 Å². The van der Waals surface area contributed by atoms with Crippen LogP contribution in [0.15, 0.2) is 58.4 Å². The third-order valence-electron chi connectivity index (χ3n) is 3.69. The molecule has 0 unspecified atom stereocenters. The van der Waals surface area contributed by atoms with Crippen LogP contribution in [0.3, 0.4) is 0 Å². The van der Waals surface area contributed by atoms with Gasteiger partial charge in [-0.25, -0.2) is 8.42 Å². The third-order valence-corrected chi connectivity index (χ3v) is 5.34. The highest BCUT2D eigenvalue weighted by Gasteiger charge is 2.30. The van der Waals surface area contributed by atoms with Gasteiger partial charge in [-0.2, -0.15) is 0 Å². The quantitative estimate of drug-likeness (QED) is 0.831. The molecule has 130 valence electrons. The molecule has 1 amide bonds. The minimum absolute atomic E-state index is 0.146. The van der Waals surface area contributed by atoms with Gasteiger partial charge in [-0.05, 0) is 36.2 Å². The Morgan fingerprint density at radius 2 is 1.84 bits per heavy atom. The van der Waals surface area contributed by atoms with Crippen LogP contribution in [0.4, 0.5) is 0 Å². The Bertz CT molecular complexity index is 924. The number of hydrogen-bond acceptors (Lipinski definition) is 4. The fourth-order valence-corrected chi connectivity index (χ4v) is 3.83. The molecule has 0 saturated heterocycles. The van der Waals surface area contributed by atoms with Crippen molar-refractivity contribution in [2.45, 2.75) is 11.3 Å². The summed E-state index contributed by atoms with van der Waals surface area (Å²) in [6.45, 7) is 0.320. The van der Waals surface area contributed by atoms with E-state index in [1.54, 1.807) is 30.3 Å². The molecule has 8 heteroatoms. The van der Waals surface area contributed by atoms with Gasteiger partial charge in [0.15, 0.2) is 0 Å². The highest BCUT2D eigenvalue weighted by molar-refractivity contribution is 7.90. The molecule has 2 aromatic carbocycles. The van der Waals surface area contributed by atoms with Crippen LogP contribution in [0.2, 0.25) is 5.02 Å². The van der Waals surface area contributed by atoms with E-state index >= 15 is 0 Å². The van der Waals surface area contributed by atoms with Crippen molar-refractivity contribution in [2.24, 2.45) is 4.99 Å². The SMILES string of the molecule is O=C(CN=C1NS(=O)(=O)c2ccccc21)NCCc1ccc(Cl)cc1. The van der Waals surface area contributed by atoms with Crippen LogP contribution < -0.4 is 10.0 Å². The zero-order valence-corrected chi connectivity index (χ0v) is 14.8. The zero-order valence-electron chi connectivity index (χ0n) is 13.2. The fraction of sp³-hybridized carbons (Fsp3) is 0.176. The fourth-order valence-electron chi connectivity index (χ4n) is 2.46. The van der Waals surface area contributed by atoms with E-state index in [-0.39, 0.29) is 23.2 Å². The van der Waals surface area contributed by atoms with Crippen molar-refractivity contribution >= 4 is 33.4 Å². The summed E-state index contributed by atoms with van der Waals surface area (Å²) >= 11 is 5.82. The van der Waals surface area contributed by atoms with Crippen LogP contribution in [-0.4, -0.2) is 33.3 Å². The molecular formula is C17H16ClN3O3S. The van der Waals surface area contributed by atoms with E-state index in [0.717, 1.165) is 5.56 Å². The number of halogens is 1. The Kier molecular flexibility index (Phi) is 5.06. The van der Waals surface area contributed by atoms with Gasteiger partial charge in [-0.3, -0.25) is 14.5 Å². The topological polar surface area (TPSA) is 87.6 Å². The zero-order chi connectivity index (χ0) is 17.9. The second-order valence-electron chi connectivity index (χ2n) is 5.49. The molecule has 0 fully saturated rings. The second kappa shape index (κ2) is 7.25. The monoisotopic (exact) mass is 377 g/mol. The average Bonchev–Trinajstić information content (AvgIpc) is 2.86. The lowest BCUT2D eigenvalue weighted by Crippen LogP contribution is -2.29.